The zero-order valence-corrected chi connectivity index (χ0v) is 13.4. The lowest BCUT2D eigenvalue weighted by atomic mass is 9.86. The second kappa shape index (κ2) is 7.44. The predicted octanol–water partition coefficient (Wildman–Crippen LogP) is 3.51. The minimum absolute atomic E-state index is 0.137. The van der Waals surface area contributed by atoms with Crippen LogP contribution < -0.4 is 0 Å². The van der Waals surface area contributed by atoms with Crippen LogP contribution in [0.5, 0.6) is 0 Å². The summed E-state index contributed by atoms with van der Waals surface area (Å²) in [5, 5.41) is 0. The summed E-state index contributed by atoms with van der Waals surface area (Å²) >= 11 is 0. The van der Waals surface area contributed by atoms with Crippen LogP contribution in [0.25, 0.3) is 0 Å². The molecule has 3 nitrogen and oxygen atoms in total. The minimum atomic E-state index is -0.316. The molecular formula is C17H27NO2. The molecule has 0 spiro atoms. The fraction of sp³-hybridized carbons (Fsp3) is 0.588. The van der Waals surface area contributed by atoms with Gasteiger partial charge in [-0.15, -0.1) is 0 Å². The van der Waals surface area contributed by atoms with E-state index in [4.69, 9.17) is 4.74 Å². The Morgan fingerprint density at radius 1 is 1.15 bits per heavy atom. The summed E-state index contributed by atoms with van der Waals surface area (Å²) in [4.78, 5) is 14.3. The first-order valence-electron chi connectivity index (χ1n) is 7.45. The smallest absolute Gasteiger partial charge is 0.307 e. The molecule has 0 fully saturated rings. The van der Waals surface area contributed by atoms with E-state index in [9.17, 15) is 4.79 Å². The number of hydrogen-bond acceptors (Lipinski definition) is 3. The van der Waals surface area contributed by atoms with Gasteiger partial charge in [0.25, 0.3) is 0 Å². The van der Waals surface area contributed by atoms with E-state index in [1.54, 1.807) is 0 Å². The Hall–Kier alpha value is -1.35. The molecule has 1 aromatic rings. The van der Waals surface area contributed by atoms with Gasteiger partial charge in [0.2, 0.25) is 0 Å². The molecular weight excluding hydrogens is 250 g/mol. The molecule has 0 aliphatic rings. The van der Waals surface area contributed by atoms with Gasteiger partial charge in [-0.25, -0.2) is 0 Å². The van der Waals surface area contributed by atoms with Gasteiger partial charge < -0.3 is 4.74 Å². The average Bonchev–Trinajstić information content (AvgIpc) is 2.40. The Labute approximate surface area is 122 Å². The first-order valence-corrected chi connectivity index (χ1v) is 7.45. The number of carbonyl (C=O) groups excluding carboxylic acids is 1. The molecule has 0 N–H and O–H groups in total. The van der Waals surface area contributed by atoms with Crippen LogP contribution in [0.1, 0.15) is 45.2 Å². The van der Waals surface area contributed by atoms with E-state index < -0.39 is 0 Å². The number of carbonyl (C=O) groups is 1. The Bertz CT molecular complexity index is 423. The molecule has 0 aliphatic heterocycles. The zero-order valence-electron chi connectivity index (χ0n) is 13.4. The molecule has 0 radical (unpaired) electrons. The average molecular weight is 277 g/mol. The molecule has 0 saturated carbocycles. The lowest BCUT2D eigenvalue weighted by Gasteiger charge is -2.40. The van der Waals surface area contributed by atoms with Crippen LogP contribution in [0.2, 0.25) is 0 Å². The predicted molar refractivity (Wildman–Crippen MR) is 82.7 cm³/mol. The van der Waals surface area contributed by atoms with Gasteiger partial charge in [0.1, 0.15) is 0 Å². The molecule has 1 unspecified atom stereocenters. The molecule has 0 aliphatic carbocycles. The highest BCUT2D eigenvalue weighted by atomic mass is 16.5. The van der Waals surface area contributed by atoms with E-state index in [1.807, 2.05) is 6.92 Å². The molecule has 0 bridgehead atoms. The van der Waals surface area contributed by atoms with Crippen molar-refractivity contribution in [1.82, 2.24) is 4.90 Å². The number of esters is 1. The van der Waals surface area contributed by atoms with E-state index in [2.05, 4.69) is 56.9 Å². The van der Waals surface area contributed by atoms with E-state index in [-0.39, 0.29) is 11.5 Å². The first-order chi connectivity index (χ1) is 9.47. The van der Waals surface area contributed by atoms with Gasteiger partial charge in [0, 0.05) is 0 Å². The molecule has 112 valence electrons. The summed E-state index contributed by atoms with van der Waals surface area (Å²) in [5.41, 5.74) is 2.08. The van der Waals surface area contributed by atoms with Crippen molar-refractivity contribution in [3.63, 3.8) is 0 Å². The zero-order chi connectivity index (χ0) is 15.2. The Kier molecular flexibility index (Phi) is 6.21. The maximum Gasteiger partial charge on any atom is 0.307 e. The van der Waals surface area contributed by atoms with Crippen molar-refractivity contribution in [3.05, 3.63) is 35.4 Å². The van der Waals surface area contributed by atoms with Crippen LogP contribution in [0, 0.1) is 6.92 Å². The molecule has 3 heteroatoms. The molecule has 0 heterocycles. The number of hydrogen-bond donors (Lipinski definition) is 0. The topological polar surface area (TPSA) is 29.5 Å². The van der Waals surface area contributed by atoms with Gasteiger partial charge in [-0.2, -0.15) is 0 Å². The van der Waals surface area contributed by atoms with Crippen molar-refractivity contribution in [1.29, 1.82) is 0 Å². The maximum absolute atomic E-state index is 12.0. The second-order valence-electron chi connectivity index (χ2n) is 5.29. The SMILES string of the molecule is CCOC(=O)CC(C)(c1ccc(C)cc1)N(CC)CC. The maximum atomic E-state index is 12.0. The summed E-state index contributed by atoms with van der Waals surface area (Å²) in [6, 6.07) is 8.43. The Morgan fingerprint density at radius 2 is 1.70 bits per heavy atom. The van der Waals surface area contributed by atoms with Crippen molar-refractivity contribution in [2.24, 2.45) is 0 Å². The molecule has 0 saturated heterocycles. The van der Waals surface area contributed by atoms with Crippen molar-refractivity contribution < 1.29 is 9.53 Å². The van der Waals surface area contributed by atoms with E-state index in [0.717, 1.165) is 13.1 Å². The summed E-state index contributed by atoms with van der Waals surface area (Å²) < 4.78 is 5.16. The van der Waals surface area contributed by atoms with E-state index >= 15 is 0 Å². The largest absolute Gasteiger partial charge is 0.466 e. The fourth-order valence-corrected chi connectivity index (χ4v) is 2.72. The molecule has 1 rings (SSSR count). The third-order valence-electron chi connectivity index (χ3n) is 3.93. The molecule has 20 heavy (non-hydrogen) atoms. The van der Waals surface area contributed by atoms with Crippen molar-refractivity contribution in [2.45, 2.75) is 46.6 Å². The number of nitrogens with zero attached hydrogens (tertiary/aromatic N) is 1. The van der Waals surface area contributed by atoms with Gasteiger partial charge in [-0.05, 0) is 39.4 Å². The van der Waals surface area contributed by atoms with Gasteiger partial charge in [0.05, 0.1) is 18.6 Å². The number of rotatable bonds is 7. The van der Waals surface area contributed by atoms with Crippen LogP contribution in [-0.4, -0.2) is 30.6 Å². The minimum Gasteiger partial charge on any atom is -0.466 e. The number of ether oxygens (including phenoxy) is 1. The number of aryl methyl sites for hydroxylation is 1. The lowest BCUT2D eigenvalue weighted by Crippen LogP contribution is -2.45. The molecule has 1 aromatic carbocycles. The van der Waals surface area contributed by atoms with Crippen LogP contribution in [0.15, 0.2) is 24.3 Å². The highest BCUT2D eigenvalue weighted by Gasteiger charge is 2.35. The fourth-order valence-electron chi connectivity index (χ4n) is 2.72. The van der Waals surface area contributed by atoms with Crippen molar-refractivity contribution >= 4 is 5.97 Å². The van der Waals surface area contributed by atoms with Gasteiger partial charge in [0.15, 0.2) is 0 Å². The summed E-state index contributed by atoms with van der Waals surface area (Å²) in [6.07, 6.45) is 0.381. The Balaban J connectivity index is 3.11. The van der Waals surface area contributed by atoms with Crippen LogP contribution >= 0.6 is 0 Å². The highest BCUT2D eigenvalue weighted by Crippen LogP contribution is 2.32. The standard InChI is InChI=1S/C17H27NO2/c1-6-18(7-2)17(5,13-16(19)20-8-3)15-11-9-14(4)10-12-15/h9-12H,6-8,13H2,1-5H3. The summed E-state index contributed by atoms with van der Waals surface area (Å²) in [5.74, 6) is -0.137. The van der Waals surface area contributed by atoms with E-state index in [0.29, 0.717) is 13.0 Å². The number of benzene rings is 1. The second-order valence-corrected chi connectivity index (χ2v) is 5.29. The van der Waals surface area contributed by atoms with Crippen molar-refractivity contribution in [3.8, 4) is 0 Å². The van der Waals surface area contributed by atoms with Gasteiger partial charge in [-0.1, -0.05) is 43.7 Å². The van der Waals surface area contributed by atoms with Gasteiger partial charge >= 0.3 is 5.97 Å². The van der Waals surface area contributed by atoms with E-state index in [1.165, 1.54) is 11.1 Å². The normalized spacial score (nSPS) is 14.1. The summed E-state index contributed by atoms with van der Waals surface area (Å²) in [6.45, 7) is 12.5. The quantitative estimate of drug-likeness (QED) is 0.714. The molecule has 1 atom stereocenters. The third kappa shape index (κ3) is 3.83. The van der Waals surface area contributed by atoms with Gasteiger partial charge in [-0.3, -0.25) is 9.69 Å². The summed E-state index contributed by atoms with van der Waals surface area (Å²) in [7, 11) is 0. The van der Waals surface area contributed by atoms with Crippen LogP contribution in [0.4, 0.5) is 0 Å². The monoisotopic (exact) mass is 277 g/mol. The lowest BCUT2D eigenvalue weighted by molar-refractivity contribution is -0.146. The van der Waals surface area contributed by atoms with Crippen molar-refractivity contribution in [2.75, 3.05) is 19.7 Å². The Morgan fingerprint density at radius 3 is 2.15 bits per heavy atom. The first kappa shape index (κ1) is 16.7. The van der Waals surface area contributed by atoms with Crippen LogP contribution in [-0.2, 0) is 15.1 Å². The third-order valence-corrected chi connectivity index (χ3v) is 3.93. The van der Waals surface area contributed by atoms with Crippen LogP contribution in [0.3, 0.4) is 0 Å². The molecule has 0 amide bonds. The molecule has 0 aromatic heterocycles. The highest BCUT2D eigenvalue weighted by molar-refractivity contribution is 5.71.